The molecule has 4 nitrogen and oxygen atoms in total. The van der Waals surface area contributed by atoms with Crippen molar-refractivity contribution in [3.05, 3.63) is 106 Å². The van der Waals surface area contributed by atoms with Crippen molar-refractivity contribution >= 4 is 23.4 Å². The topological polar surface area (TPSA) is 49.4 Å². The second kappa shape index (κ2) is 13.7. The van der Waals surface area contributed by atoms with Crippen LogP contribution in [0.3, 0.4) is 0 Å². The second-order valence-electron chi connectivity index (χ2n) is 8.78. The van der Waals surface area contributed by atoms with Crippen LogP contribution < -0.4 is 5.32 Å². The van der Waals surface area contributed by atoms with Gasteiger partial charge >= 0.3 is 0 Å². The van der Waals surface area contributed by atoms with E-state index in [1.807, 2.05) is 61.5 Å². The first kappa shape index (κ1) is 26.5. The molecule has 0 spiro atoms. The molecule has 0 radical (unpaired) electrons. The van der Waals surface area contributed by atoms with Crippen molar-refractivity contribution in [2.24, 2.45) is 0 Å². The predicted molar refractivity (Wildman–Crippen MR) is 143 cm³/mol. The van der Waals surface area contributed by atoms with Crippen molar-refractivity contribution in [3.8, 4) is 0 Å². The fraction of sp³-hybridized carbons (Fsp3) is 0.333. The Bertz CT molecular complexity index is 1080. The van der Waals surface area contributed by atoms with E-state index in [-0.39, 0.29) is 18.4 Å². The van der Waals surface area contributed by atoms with Crippen molar-refractivity contribution < 1.29 is 9.59 Å². The van der Waals surface area contributed by atoms with Crippen LogP contribution in [0.25, 0.3) is 0 Å². The van der Waals surface area contributed by atoms with Gasteiger partial charge in [-0.25, -0.2) is 0 Å². The maximum absolute atomic E-state index is 13.7. The van der Waals surface area contributed by atoms with E-state index in [1.54, 1.807) is 4.90 Å². The average molecular weight is 491 g/mol. The first-order valence-corrected chi connectivity index (χ1v) is 12.8. The maximum Gasteiger partial charge on any atom is 0.243 e. The molecular formula is C30H35ClN2O2. The van der Waals surface area contributed by atoms with Gasteiger partial charge in [-0.15, -0.1) is 0 Å². The Morgan fingerprint density at radius 1 is 0.857 bits per heavy atom. The monoisotopic (exact) mass is 490 g/mol. The molecule has 0 aliphatic heterocycles. The van der Waals surface area contributed by atoms with Gasteiger partial charge in [-0.2, -0.15) is 0 Å². The molecule has 0 aromatic heterocycles. The number of hydrogen-bond donors (Lipinski definition) is 1. The number of aryl methyl sites for hydroxylation is 2. The number of carbonyl (C=O) groups is 2. The van der Waals surface area contributed by atoms with Crippen LogP contribution in [0.4, 0.5) is 0 Å². The molecule has 0 saturated heterocycles. The van der Waals surface area contributed by atoms with Crippen molar-refractivity contribution in [2.75, 3.05) is 6.54 Å². The van der Waals surface area contributed by atoms with E-state index < -0.39 is 6.04 Å². The van der Waals surface area contributed by atoms with E-state index in [0.717, 1.165) is 29.5 Å². The molecule has 3 aromatic carbocycles. The number of carbonyl (C=O) groups excluding carboxylic acids is 2. The molecular weight excluding hydrogens is 456 g/mol. The Balaban J connectivity index is 1.88. The minimum atomic E-state index is -0.629. The van der Waals surface area contributed by atoms with Gasteiger partial charge in [-0.05, 0) is 47.6 Å². The molecule has 3 rings (SSSR count). The highest BCUT2D eigenvalue weighted by atomic mass is 35.5. The number of benzene rings is 3. The first-order chi connectivity index (χ1) is 17.0. The summed E-state index contributed by atoms with van der Waals surface area (Å²) in [7, 11) is 0. The van der Waals surface area contributed by atoms with Gasteiger partial charge in [0.25, 0.3) is 0 Å². The van der Waals surface area contributed by atoms with Crippen LogP contribution in [-0.2, 0) is 35.4 Å². The lowest BCUT2D eigenvalue weighted by Crippen LogP contribution is -2.50. The maximum atomic E-state index is 13.7. The highest BCUT2D eigenvalue weighted by molar-refractivity contribution is 6.31. The molecule has 0 aliphatic rings. The molecule has 5 heteroatoms. The van der Waals surface area contributed by atoms with Gasteiger partial charge in [0.1, 0.15) is 6.04 Å². The van der Waals surface area contributed by atoms with Crippen LogP contribution in [0.2, 0.25) is 5.02 Å². The van der Waals surface area contributed by atoms with Gasteiger partial charge in [0.15, 0.2) is 0 Å². The highest BCUT2D eigenvalue weighted by Crippen LogP contribution is 2.21. The van der Waals surface area contributed by atoms with E-state index in [4.69, 9.17) is 11.6 Å². The van der Waals surface area contributed by atoms with E-state index in [9.17, 15) is 9.59 Å². The fourth-order valence-electron chi connectivity index (χ4n) is 4.07. The minimum absolute atomic E-state index is 0.0583. The molecule has 0 fully saturated rings. The Hall–Kier alpha value is -3.11. The van der Waals surface area contributed by atoms with Crippen molar-refractivity contribution in [3.63, 3.8) is 0 Å². The van der Waals surface area contributed by atoms with Gasteiger partial charge in [0.05, 0.1) is 0 Å². The smallest absolute Gasteiger partial charge is 0.243 e. The summed E-state index contributed by atoms with van der Waals surface area (Å²) in [6.07, 6.45) is 3.20. The molecule has 3 aromatic rings. The fourth-order valence-corrected chi connectivity index (χ4v) is 4.26. The van der Waals surface area contributed by atoms with Crippen LogP contribution in [0.15, 0.2) is 78.9 Å². The number of rotatable bonds is 12. The Kier molecular flexibility index (Phi) is 10.4. The molecule has 1 unspecified atom stereocenters. The zero-order valence-electron chi connectivity index (χ0n) is 20.7. The largest absolute Gasteiger partial charge is 0.354 e. The summed E-state index contributed by atoms with van der Waals surface area (Å²) >= 11 is 6.46. The van der Waals surface area contributed by atoms with Gasteiger partial charge < -0.3 is 10.2 Å². The third-order valence-electron chi connectivity index (χ3n) is 6.18. The van der Waals surface area contributed by atoms with Crippen molar-refractivity contribution in [1.82, 2.24) is 10.2 Å². The Labute approximate surface area is 214 Å². The number of halogens is 1. The van der Waals surface area contributed by atoms with Crippen molar-refractivity contribution in [2.45, 2.75) is 58.5 Å². The van der Waals surface area contributed by atoms with Crippen LogP contribution in [0, 0.1) is 0 Å². The van der Waals surface area contributed by atoms with E-state index in [1.165, 1.54) is 5.56 Å². The zero-order chi connectivity index (χ0) is 25.0. The Morgan fingerprint density at radius 3 is 2.17 bits per heavy atom. The molecule has 0 aliphatic carbocycles. The lowest BCUT2D eigenvalue weighted by atomic mass is 10.0. The number of nitrogens with zero attached hydrogens (tertiary/aromatic N) is 1. The standard InChI is InChI=1S/C30H35ClN2O2/c1-3-20-32-30(35)28(21-25-10-6-5-7-11-25)33(22-26-12-8-9-13-27(26)31)29(34)19-18-24-16-14-23(4-2)15-17-24/h5-17,28H,3-4,18-22H2,1-2H3,(H,32,35). The summed E-state index contributed by atoms with van der Waals surface area (Å²) in [5.74, 6) is -0.194. The lowest BCUT2D eigenvalue weighted by Gasteiger charge is -2.32. The zero-order valence-corrected chi connectivity index (χ0v) is 21.4. The van der Waals surface area contributed by atoms with Crippen LogP contribution in [0.1, 0.15) is 48.9 Å². The van der Waals surface area contributed by atoms with E-state index in [2.05, 4.69) is 36.5 Å². The quantitative estimate of drug-likeness (QED) is 0.338. The molecule has 0 bridgehead atoms. The summed E-state index contributed by atoms with van der Waals surface area (Å²) in [6, 6.07) is 25.1. The Morgan fingerprint density at radius 2 is 1.51 bits per heavy atom. The average Bonchev–Trinajstić information content (AvgIpc) is 2.89. The summed E-state index contributed by atoms with van der Waals surface area (Å²) in [5, 5.41) is 3.60. The third-order valence-corrected chi connectivity index (χ3v) is 6.55. The van der Waals surface area contributed by atoms with E-state index >= 15 is 0 Å². The van der Waals surface area contributed by atoms with Crippen molar-refractivity contribution in [1.29, 1.82) is 0 Å². The molecule has 2 amide bonds. The number of nitrogens with one attached hydrogen (secondary N) is 1. The van der Waals surface area contributed by atoms with Gasteiger partial charge in [0, 0.05) is 31.0 Å². The van der Waals surface area contributed by atoms with Gasteiger partial charge in [-0.3, -0.25) is 9.59 Å². The first-order valence-electron chi connectivity index (χ1n) is 12.4. The van der Waals surface area contributed by atoms with Crippen LogP contribution >= 0.6 is 11.6 Å². The van der Waals surface area contributed by atoms with Gasteiger partial charge in [-0.1, -0.05) is 98.2 Å². The molecule has 1 N–H and O–H groups in total. The van der Waals surface area contributed by atoms with Crippen LogP contribution in [0.5, 0.6) is 0 Å². The summed E-state index contributed by atoms with van der Waals surface area (Å²) in [6.45, 7) is 5.00. The molecule has 184 valence electrons. The predicted octanol–water partition coefficient (Wildman–Crippen LogP) is 6.00. The molecule has 0 heterocycles. The number of hydrogen-bond acceptors (Lipinski definition) is 2. The second-order valence-corrected chi connectivity index (χ2v) is 9.19. The summed E-state index contributed by atoms with van der Waals surface area (Å²) < 4.78 is 0. The lowest BCUT2D eigenvalue weighted by molar-refractivity contribution is -0.141. The molecule has 0 saturated carbocycles. The third kappa shape index (κ3) is 7.97. The minimum Gasteiger partial charge on any atom is -0.354 e. The SMILES string of the molecule is CCCNC(=O)C(Cc1ccccc1)N(Cc1ccccc1Cl)C(=O)CCc1ccc(CC)cc1. The van der Waals surface area contributed by atoms with E-state index in [0.29, 0.717) is 30.8 Å². The summed E-state index contributed by atoms with van der Waals surface area (Å²) in [4.78, 5) is 28.7. The normalized spacial score (nSPS) is 11.6. The van der Waals surface area contributed by atoms with Crippen LogP contribution in [-0.4, -0.2) is 29.3 Å². The van der Waals surface area contributed by atoms with Gasteiger partial charge in [0.2, 0.25) is 11.8 Å². The molecule has 1 atom stereocenters. The number of amides is 2. The summed E-state index contributed by atoms with van der Waals surface area (Å²) in [5.41, 5.74) is 4.23. The highest BCUT2D eigenvalue weighted by Gasteiger charge is 2.30. The molecule has 35 heavy (non-hydrogen) atoms.